The summed E-state index contributed by atoms with van der Waals surface area (Å²) < 4.78 is 19.3. The van der Waals surface area contributed by atoms with Crippen LogP contribution in [-0.4, -0.2) is 19.9 Å². The van der Waals surface area contributed by atoms with Crippen LogP contribution in [0.4, 0.5) is 5.82 Å². The van der Waals surface area contributed by atoms with Gasteiger partial charge in [0.1, 0.15) is 5.82 Å². The third-order valence-corrected chi connectivity index (χ3v) is 5.33. The van der Waals surface area contributed by atoms with Crippen LogP contribution in [0.5, 0.6) is 0 Å². The van der Waals surface area contributed by atoms with Crippen LogP contribution in [-0.2, 0) is 22.3 Å². The molecule has 0 unspecified atom stereocenters. The number of carbonyl (C=O) groups excluding carboxylic acids is 1. The Kier molecular flexibility index (Phi) is 3.85. The topological polar surface area (TPSA) is 77.1 Å². The van der Waals surface area contributed by atoms with Crippen LogP contribution in [0.3, 0.4) is 0 Å². The second kappa shape index (κ2) is 6.03. The van der Waals surface area contributed by atoms with E-state index in [4.69, 9.17) is 4.42 Å². The highest BCUT2D eigenvalue weighted by Gasteiger charge is 2.28. The number of furan rings is 1. The van der Waals surface area contributed by atoms with Crippen molar-refractivity contribution in [2.75, 3.05) is 5.32 Å². The highest BCUT2D eigenvalue weighted by Crippen LogP contribution is 2.31. The van der Waals surface area contributed by atoms with Crippen molar-refractivity contribution in [2.45, 2.75) is 11.5 Å². The Balaban J connectivity index is 1.76. The second-order valence-electron chi connectivity index (χ2n) is 5.31. The van der Waals surface area contributed by atoms with E-state index in [1.165, 1.54) is 0 Å². The van der Waals surface area contributed by atoms with Gasteiger partial charge in [-0.05, 0) is 40.2 Å². The molecule has 1 N–H and O–H groups in total. The van der Waals surface area contributed by atoms with Crippen molar-refractivity contribution in [3.05, 3.63) is 64.2 Å². The van der Waals surface area contributed by atoms with Gasteiger partial charge in [-0.25, -0.2) is 4.68 Å². The number of fused-ring (bicyclic) bond motifs is 1. The molecule has 0 fully saturated rings. The van der Waals surface area contributed by atoms with Crippen molar-refractivity contribution in [1.82, 2.24) is 9.78 Å². The summed E-state index contributed by atoms with van der Waals surface area (Å²) in [5, 5.41) is 7.38. The number of halogens is 1. The minimum Gasteiger partial charge on any atom is -0.444 e. The molecule has 122 valence electrons. The molecule has 24 heavy (non-hydrogen) atoms. The number of hydrogen-bond donors (Lipinski definition) is 1. The van der Waals surface area contributed by atoms with Gasteiger partial charge in [-0.15, -0.1) is 0 Å². The summed E-state index contributed by atoms with van der Waals surface area (Å²) in [7, 11) is -0.976. The number of anilines is 1. The zero-order valence-corrected chi connectivity index (χ0v) is 14.8. The van der Waals surface area contributed by atoms with Crippen LogP contribution >= 0.6 is 15.9 Å². The van der Waals surface area contributed by atoms with Crippen molar-refractivity contribution in [3.63, 3.8) is 0 Å². The Labute approximate surface area is 148 Å². The highest BCUT2D eigenvalue weighted by atomic mass is 79.9. The molecule has 0 saturated heterocycles. The predicted octanol–water partition coefficient (Wildman–Crippen LogP) is 3.24. The molecule has 0 aliphatic carbocycles. The maximum Gasteiger partial charge on any atom is 0.292 e. The molecule has 0 saturated carbocycles. The van der Waals surface area contributed by atoms with Gasteiger partial charge in [0.25, 0.3) is 5.91 Å². The summed E-state index contributed by atoms with van der Waals surface area (Å²) in [6.07, 6.45) is 0. The Morgan fingerprint density at radius 3 is 2.71 bits per heavy atom. The van der Waals surface area contributed by atoms with Gasteiger partial charge in [-0.3, -0.25) is 9.00 Å². The van der Waals surface area contributed by atoms with Crippen LogP contribution in [0.2, 0.25) is 0 Å². The van der Waals surface area contributed by atoms with E-state index in [1.807, 2.05) is 30.3 Å². The molecule has 1 aliphatic rings. The average Bonchev–Trinajstić information content (AvgIpc) is 3.24. The highest BCUT2D eigenvalue weighted by molar-refractivity contribution is 9.10. The van der Waals surface area contributed by atoms with Gasteiger partial charge in [0.2, 0.25) is 0 Å². The molecule has 3 heterocycles. The summed E-state index contributed by atoms with van der Waals surface area (Å²) in [5.41, 5.74) is 2.40. The van der Waals surface area contributed by atoms with Crippen LogP contribution < -0.4 is 5.32 Å². The van der Waals surface area contributed by atoms with Gasteiger partial charge in [0.15, 0.2) is 10.4 Å². The van der Waals surface area contributed by atoms with Gasteiger partial charge in [-0.1, -0.05) is 18.2 Å². The molecular formula is C16H12BrN3O3S. The van der Waals surface area contributed by atoms with E-state index in [-0.39, 0.29) is 11.7 Å². The smallest absolute Gasteiger partial charge is 0.292 e. The number of hydrogen-bond acceptors (Lipinski definition) is 4. The maximum atomic E-state index is 12.4. The van der Waals surface area contributed by atoms with Crippen molar-refractivity contribution in [1.29, 1.82) is 0 Å². The number of amides is 1. The number of rotatable bonds is 3. The monoisotopic (exact) mass is 405 g/mol. The van der Waals surface area contributed by atoms with E-state index in [2.05, 4.69) is 26.3 Å². The second-order valence-corrected chi connectivity index (χ2v) is 7.55. The van der Waals surface area contributed by atoms with Gasteiger partial charge < -0.3 is 9.73 Å². The van der Waals surface area contributed by atoms with Gasteiger partial charge in [0, 0.05) is 16.4 Å². The fourth-order valence-electron chi connectivity index (χ4n) is 2.62. The molecule has 1 amide bonds. The lowest BCUT2D eigenvalue weighted by Gasteiger charge is -2.10. The fourth-order valence-corrected chi connectivity index (χ4v) is 4.19. The van der Waals surface area contributed by atoms with Crippen molar-refractivity contribution in [3.8, 4) is 5.69 Å². The van der Waals surface area contributed by atoms with E-state index in [9.17, 15) is 9.00 Å². The number of nitrogens with one attached hydrogen (secondary N) is 1. The number of nitrogens with zero attached hydrogens (tertiary/aromatic N) is 2. The van der Waals surface area contributed by atoms with Crippen LogP contribution in [0.1, 0.15) is 21.8 Å². The standard InChI is InChI=1S/C16H12BrN3O3S/c17-14-7-6-13(23-14)16(21)18-15-11-8-24(22)9-12(11)19-20(15)10-4-2-1-3-5-10/h1-7H,8-9H2,(H,18,21)/t24-/m0/s1. The maximum absolute atomic E-state index is 12.4. The number of aromatic nitrogens is 2. The lowest BCUT2D eigenvalue weighted by molar-refractivity contribution is 0.0994. The molecular weight excluding hydrogens is 394 g/mol. The molecule has 8 heteroatoms. The third kappa shape index (κ3) is 2.71. The first-order valence-corrected chi connectivity index (χ1v) is 9.48. The fraction of sp³-hybridized carbons (Fsp3) is 0.125. The van der Waals surface area contributed by atoms with Crippen LogP contribution in [0, 0.1) is 0 Å². The minimum atomic E-state index is -0.976. The first kappa shape index (κ1) is 15.3. The first-order chi connectivity index (χ1) is 11.6. The SMILES string of the molecule is O=C(Nc1c2c(nn1-c1ccccc1)C[S@@](=O)C2)c1ccc(Br)o1. The minimum absolute atomic E-state index is 0.190. The normalized spacial score (nSPS) is 16.1. The molecule has 2 aromatic heterocycles. The Morgan fingerprint density at radius 2 is 2.00 bits per heavy atom. The average molecular weight is 406 g/mol. The lowest BCUT2D eigenvalue weighted by atomic mass is 10.2. The van der Waals surface area contributed by atoms with E-state index in [1.54, 1.807) is 16.8 Å². The molecule has 1 atom stereocenters. The summed E-state index contributed by atoms with van der Waals surface area (Å²) in [6.45, 7) is 0. The third-order valence-electron chi connectivity index (χ3n) is 3.70. The molecule has 6 nitrogen and oxygen atoms in total. The van der Waals surface area contributed by atoms with Crippen molar-refractivity contribution >= 4 is 38.5 Å². The molecule has 0 spiro atoms. The molecule has 3 aromatic rings. The largest absolute Gasteiger partial charge is 0.444 e. The number of carbonyl (C=O) groups is 1. The Morgan fingerprint density at radius 1 is 1.21 bits per heavy atom. The van der Waals surface area contributed by atoms with Crippen molar-refractivity contribution in [2.24, 2.45) is 0 Å². The Bertz CT molecular complexity index is 949. The molecule has 1 aromatic carbocycles. The summed E-state index contributed by atoms with van der Waals surface area (Å²) >= 11 is 3.18. The van der Waals surface area contributed by atoms with Crippen molar-refractivity contribution < 1.29 is 13.4 Å². The first-order valence-electron chi connectivity index (χ1n) is 7.19. The summed E-state index contributed by atoms with van der Waals surface area (Å²) in [4.78, 5) is 12.4. The van der Waals surface area contributed by atoms with Crippen LogP contribution in [0.25, 0.3) is 5.69 Å². The quantitative estimate of drug-likeness (QED) is 0.725. The number of benzene rings is 1. The van der Waals surface area contributed by atoms with Crippen LogP contribution in [0.15, 0.2) is 51.6 Å². The predicted molar refractivity (Wildman–Crippen MR) is 93.5 cm³/mol. The molecule has 0 bridgehead atoms. The van der Waals surface area contributed by atoms with E-state index >= 15 is 0 Å². The zero-order valence-electron chi connectivity index (χ0n) is 12.4. The lowest BCUT2D eigenvalue weighted by Crippen LogP contribution is -2.16. The van der Waals surface area contributed by atoms with E-state index in [0.29, 0.717) is 22.0 Å². The Hall–Kier alpha value is -2.19. The van der Waals surface area contributed by atoms with Gasteiger partial charge >= 0.3 is 0 Å². The van der Waals surface area contributed by atoms with Gasteiger partial charge in [-0.2, -0.15) is 5.10 Å². The summed E-state index contributed by atoms with van der Waals surface area (Å²) in [5.74, 6) is 1.15. The summed E-state index contributed by atoms with van der Waals surface area (Å²) in [6, 6.07) is 12.7. The van der Waals surface area contributed by atoms with E-state index < -0.39 is 10.8 Å². The van der Waals surface area contributed by atoms with E-state index in [0.717, 1.165) is 16.9 Å². The zero-order chi connectivity index (χ0) is 16.7. The molecule has 0 radical (unpaired) electrons. The number of para-hydroxylation sites is 1. The van der Waals surface area contributed by atoms with Gasteiger partial charge in [0.05, 0.1) is 22.9 Å². The molecule has 1 aliphatic heterocycles. The molecule has 4 rings (SSSR count).